The molecule has 6 rings (SSSR count). The third kappa shape index (κ3) is 29.4. The van der Waals surface area contributed by atoms with Gasteiger partial charge in [-0.2, -0.15) is 35.3 Å². The summed E-state index contributed by atoms with van der Waals surface area (Å²) in [5.41, 5.74) is 8.97. The number of aliphatic hydroxyl groups is 3. The highest BCUT2D eigenvalue weighted by Crippen LogP contribution is 2.43. The molecule has 11 atom stereocenters. The van der Waals surface area contributed by atoms with E-state index >= 15 is 0 Å². The van der Waals surface area contributed by atoms with Crippen LogP contribution in [0.3, 0.4) is 0 Å². The molecule has 3 unspecified atom stereocenters. The van der Waals surface area contributed by atoms with Crippen LogP contribution in [0.15, 0.2) is 48.5 Å². The van der Waals surface area contributed by atoms with Crippen LogP contribution in [-0.2, 0) is 75.7 Å². The van der Waals surface area contributed by atoms with Crippen molar-refractivity contribution in [2.45, 2.75) is 151 Å². The number of primary amides is 1. The van der Waals surface area contributed by atoms with Gasteiger partial charge in [-0.15, -0.1) is 0 Å². The molecule has 0 aromatic heterocycles. The van der Waals surface area contributed by atoms with E-state index in [0.717, 1.165) is 23.1 Å². The van der Waals surface area contributed by atoms with Crippen molar-refractivity contribution in [2.75, 3.05) is 120 Å². The summed E-state index contributed by atoms with van der Waals surface area (Å²) in [6, 6.07) is 6.49. The van der Waals surface area contributed by atoms with Crippen molar-refractivity contribution in [3.63, 3.8) is 0 Å². The van der Waals surface area contributed by atoms with Crippen LogP contribution in [0, 0.1) is 0 Å². The SMILES string of the molecule is CCCCNC(=O)N[C@H]1CSCc2cc(CSCCNC(=O)CCP(=O)(O)CN3CCN(CP(=O)(O)CO)CCN(CP(=O)(O)CO)CC3)cc(c2)CSC[C@@H](C)NC(=O)[C@H](Cc2ccccc2)NC(=O)[C@H](CCC(N)=O)NC(=O)[C@H]([C@@H](C)O)NC(=O)[C@@H]2CCCN2C(=O)[C@@H]2CCCN2C1=O. The zero-order chi connectivity index (χ0) is 73.9. The van der Waals surface area contributed by atoms with Gasteiger partial charge in [0, 0.05) is 131 Å². The quantitative estimate of drug-likeness (QED) is 0.0455. The summed E-state index contributed by atoms with van der Waals surface area (Å²) in [5, 5.41) is 49.4. The number of hydrogen-bond acceptors (Lipinski definition) is 21. The number of amides is 10. The van der Waals surface area contributed by atoms with Gasteiger partial charge in [-0.1, -0.05) is 61.9 Å². The van der Waals surface area contributed by atoms with Gasteiger partial charge in [0.1, 0.15) is 48.9 Å². The number of urea groups is 1. The Morgan fingerprint density at radius 1 is 0.663 bits per heavy atom. The maximum absolute atomic E-state index is 14.8. The van der Waals surface area contributed by atoms with E-state index in [1.165, 1.54) is 52.0 Å². The molecule has 566 valence electrons. The number of carbonyl (C=O) groups is 9. The molecular weight excluding hydrogens is 1430 g/mol. The highest BCUT2D eigenvalue weighted by molar-refractivity contribution is 7.99. The molecule has 2 aromatic rings. The molecule has 15 N–H and O–H groups in total. The molecule has 4 aliphatic heterocycles. The highest BCUT2D eigenvalue weighted by Gasteiger charge is 2.45. The summed E-state index contributed by atoms with van der Waals surface area (Å²) >= 11 is 4.47. The Hall–Kier alpha value is -5.15. The third-order valence-electron chi connectivity index (χ3n) is 17.5. The molecule has 4 aliphatic rings. The minimum atomic E-state index is -3.99. The molecule has 0 saturated carbocycles. The van der Waals surface area contributed by atoms with E-state index < -0.39 is 136 Å². The Balaban J connectivity index is 1.19. The molecule has 37 heteroatoms. The Bertz CT molecular complexity index is 3230. The summed E-state index contributed by atoms with van der Waals surface area (Å²) < 4.78 is 38.6. The molecule has 31 nitrogen and oxygen atoms in total. The second-order valence-electron chi connectivity index (χ2n) is 26.3. The second-order valence-corrected chi connectivity index (χ2v) is 36.4. The first-order valence-electron chi connectivity index (χ1n) is 34.3. The average molecular weight is 1530 g/mol. The average Bonchev–Trinajstić information content (AvgIpc) is 1.68. The number of nitrogens with one attached hydrogen (secondary N) is 7. The smallest absolute Gasteiger partial charge is 0.315 e. The zero-order valence-electron chi connectivity index (χ0n) is 57.8. The molecule has 10 amide bonds. The van der Waals surface area contributed by atoms with Crippen molar-refractivity contribution in [3.05, 3.63) is 70.8 Å². The van der Waals surface area contributed by atoms with Gasteiger partial charge in [0.05, 0.1) is 25.0 Å². The van der Waals surface area contributed by atoms with E-state index in [9.17, 15) is 86.8 Å². The number of fused-ring (bicyclic) bond motifs is 4. The van der Waals surface area contributed by atoms with Gasteiger partial charge in [-0.3, -0.25) is 66.8 Å². The van der Waals surface area contributed by atoms with E-state index in [-0.39, 0.29) is 128 Å². The van der Waals surface area contributed by atoms with Crippen LogP contribution < -0.4 is 43.0 Å². The fourth-order valence-electron chi connectivity index (χ4n) is 12.2. The Kier molecular flexibility index (Phi) is 35.3. The molecule has 101 heavy (non-hydrogen) atoms. The number of hydrogen-bond donors (Lipinski definition) is 14. The van der Waals surface area contributed by atoms with Crippen LogP contribution in [0.5, 0.6) is 0 Å². The standard InChI is InChI=1S/C64H104N13O18P3S3/c1-4-5-18-67-64(89)71-52-38-101-37-49-31-47(35-99-29-19-66-56(82)17-28-96(90,91)39-73-22-24-74(40-97(92,93)42-78)26-27-75(25-23-73)41-98(94,95)43-79)30-48(32-49)36-100-34-44(2)68-59(84)51(33-46-11-7-6-8-12-46)70-58(83)50(15-16-55(65)81)69-61(86)57(45(3)80)72-60(85)53-13-9-20-76(53)63(88)54-14-10-21-77(54)62(52)87/h6-8,11-12,30-32,44-45,50-54,57,78-80H,4-5,9-10,13-29,33-43H2,1-3H3,(H2,65,81)(H,66,82)(H,68,84)(H,69,86)(H,70,83)(H,72,85)(H,90,91)(H,92,93)(H,94,95)(H2,67,71,89)/t44-,45-,50+,51+,52+,53+,54+,57+/m1/s1. The lowest BCUT2D eigenvalue weighted by molar-refractivity contribution is -0.147. The summed E-state index contributed by atoms with van der Waals surface area (Å²) in [5.74, 6) is -3.04. The Morgan fingerprint density at radius 3 is 1.79 bits per heavy atom. The van der Waals surface area contributed by atoms with E-state index in [2.05, 4.69) is 37.2 Å². The van der Waals surface area contributed by atoms with Gasteiger partial charge in [-0.25, -0.2) is 4.79 Å². The predicted octanol–water partition coefficient (Wildman–Crippen LogP) is 0.707. The summed E-state index contributed by atoms with van der Waals surface area (Å²) in [6.07, 6.45) is -2.95. The van der Waals surface area contributed by atoms with Crippen molar-refractivity contribution < 1.29 is 86.8 Å². The molecule has 2 bridgehead atoms. The summed E-state index contributed by atoms with van der Waals surface area (Å²) in [6.45, 7) is 7.07. The zero-order valence-corrected chi connectivity index (χ0v) is 63.0. The number of carbonyl (C=O) groups excluding carboxylic acids is 9. The lowest BCUT2D eigenvalue weighted by Crippen LogP contribution is -2.61. The van der Waals surface area contributed by atoms with Crippen LogP contribution in [0.1, 0.15) is 101 Å². The molecule has 3 saturated heterocycles. The monoisotopic (exact) mass is 1530 g/mol. The first-order valence-corrected chi connectivity index (χ1v) is 43.8. The first kappa shape index (κ1) is 84.8. The van der Waals surface area contributed by atoms with Crippen molar-refractivity contribution >= 4 is 111 Å². The number of nitrogens with two attached hydrogens (primary N) is 1. The van der Waals surface area contributed by atoms with E-state index in [1.807, 2.05) is 32.0 Å². The van der Waals surface area contributed by atoms with Crippen LogP contribution in [0.4, 0.5) is 4.79 Å². The van der Waals surface area contributed by atoms with Crippen LogP contribution in [0.25, 0.3) is 0 Å². The number of thioether (sulfide) groups is 3. The van der Waals surface area contributed by atoms with E-state index in [0.29, 0.717) is 60.1 Å². The molecule has 0 radical (unpaired) electrons. The van der Waals surface area contributed by atoms with Gasteiger partial charge in [0.2, 0.25) is 69.4 Å². The summed E-state index contributed by atoms with van der Waals surface area (Å²) in [4.78, 5) is 165. The van der Waals surface area contributed by atoms with Crippen molar-refractivity contribution in [1.29, 1.82) is 0 Å². The number of aliphatic hydroxyl groups excluding tert-OH is 3. The minimum absolute atomic E-state index is 0.0308. The summed E-state index contributed by atoms with van der Waals surface area (Å²) in [7, 11) is -11.9. The fraction of sp³-hybridized carbons (Fsp3) is 0.672. The third-order valence-corrected chi connectivity index (χ3v) is 25.2. The maximum atomic E-state index is 14.8. The highest BCUT2D eigenvalue weighted by atomic mass is 32.2. The van der Waals surface area contributed by atoms with Crippen LogP contribution >= 0.6 is 57.4 Å². The van der Waals surface area contributed by atoms with Gasteiger partial charge >= 0.3 is 6.03 Å². The normalized spacial score (nSPS) is 24.9. The second kappa shape index (κ2) is 42.1. The van der Waals surface area contributed by atoms with E-state index in [4.69, 9.17) is 5.73 Å². The fourth-order valence-corrected chi connectivity index (χ4v) is 18.5. The minimum Gasteiger partial charge on any atom is -0.391 e. The Morgan fingerprint density at radius 2 is 1.22 bits per heavy atom. The van der Waals surface area contributed by atoms with Crippen LogP contribution in [-0.4, -0.2) is 277 Å². The molecule has 3 fully saturated rings. The van der Waals surface area contributed by atoms with Gasteiger partial charge in [0.15, 0.2) is 0 Å². The topological polar surface area (TPSA) is 453 Å². The van der Waals surface area contributed by atoms with Crippen molar-refractivity contribution in [2.24, 2.45) is 5.73 Å². The van der Waals surface area contributed by atoms with Crippen molar-refractivity contribution in [1.82, 2.24) is 61.7 Å². The largest absolute Gasteiger partial charge is 0.391 e. The number of benzene rings is 2. The molecular formula is C64H104N13O18P3S3. The Labute approximate surface area is 603 Å². The lowest BCUT2D eigenvalue weighted by Gasteiger charge is -2.33. The number of nitrogens with zero attached hydrogens (tertiary/aromatic N) is 5. The first-order chi connectivity index (χ1) is 48.0. The van der Waals surface area contributed by atoms with Gasteiger partial charge in [-0.05, 0) is 74.6 Å². The number of rotatable bonds is 26. The predicted molar refractivity (Wildman–Crippen MR) is 389 cm³/mol. The van der Waals surface area contributed by atoms with Crippen molar-refractivity contribution in [3.8, 4) is 0 Å². The van der Waals surface area contributed by atoms with Gasteiger partial charge in [0.25, 0.3) is 0 Å². The van der Waals surface area contributed by atoms with Crippen LogP contribution in [0.2, 0.25) is 0 Å². The molecule has 4 heterocycles. The molecule has 0 aliphatic carbocycles. The molecule has 2 aromatic carbocycles. The van der Waals surface area contributed by atoms with Gasteiger partial charge < -0.3 is 82.8 Å². The lowest BCUT2D eigenvalue weighted by atomic mass is 10.0. The van der Waals surface area contributed by atoms with E-state index in [1.54, 1.807) is 45.0 Å². The maximum Gasteiger partial charge on any atom is 0.315 e. The molecule has 0 spiro atoms. The number of unbranched alkanes of at least 4 members (excludes halogenated alkanes) is 1.